The molecule has 0 fully saturated rings. The maximum atomic E-state index is 12.4. The number of carbonyl (C=O) groups excluding carboxylic acids is 1. The SMILES string of the molecule is O=C(c1ccccc1)c1c2cccccc-2oc1=O. The van der Waals surface area contributed by atoms with E-state index in [9.17, 15) is 9.59 Å². The maximum Gasteiger partial charge on any atom is 0.348 e. The van der Waals surface area contributed by atoms with Crippen LogP contribution in [-0.2, 0) is 0 Å². The van der Waals surface area contributed by atoms with Crippen LogP contribution in [0.3, 0.4) is 0 Å². The smallest absolute Gasteiger partial charge is 0.348 e. The summed E-state index contributed by atoms with van der Waals surface area (Å²) in [7, 11) is 0. The van der Waals surface area contributed by atoms with Gasteiger partial charge in [0.15, 0.2) is 0 Å². The highest BCUT2D eigenvalue weighted by Crippen LogP contribution is 2.25. The molecule has 0 bridgehead atoms. The average Bonchev–Trinajstić information content (AvgIpc) is 2.61. The summed E-state index contributed by atoms with van der Waals surface area (Å²) in [6.45, 7) is 0. The third-order valence-electron chi connectivity index (χ3n) is 2.94. The topological polar surface area (TPSA) is 47.3 Å². The molecule has 3 nitrogen and oxygen atoms in total. The van der Waals surface area contributed by atoms with Crippen LogP contribution in [0.5, 0.6) is 0 Å². The molecule has 0 unspecified atom stereocenters. The summed E-state index contributed by atoms with van der Waals surface area (Å²) in [5.74, 6) is 0.116. The molecule has 1 aromatic rings. The van der Waals surface area contributed by atoms with Gasteiger partial charge in [-0.05, 0) is 6.07 Å². The fraction of sp³-hybridized carbons (Fsp3) is 0. The second-order valence-electron chi connectivity index (χ2n) is 4.15. The number of benzene rings is 1. The first kappa shape index (κ1) is 11.4. The summed E-state index contributed by atoms with van der Waals surface area (Å²) in [5, 5.41) is 0. The first-order valence-corrected chi connectivity index (χ1v) is 5.89. The molecule has 1 heterocycles. The van der Waals surface area contributed by atoms with E-state index in [1.54, 1.807) is 48.5 Å². The zero-order valence-corrected chi connectivity index (χ0v) is 10.00. The number of fused-ring (bicyclic) bond motifs is 1. The Kier molecular flexibility index (Phi) is 2.72. The molecule has 0 saturated carbocycles. The van der Waals surface area contributed by atoms with Crippen molar-refractivity contribution in [3.05, 3.63) is 82.2 Å². The van der Waals surface area contributed by atoms with Gasteiger partial charge in [-0.25, -0.2) is 4.79 Å². The van der Waals surface area contributed by atoms with E-state index in [-0.39, 0.29) is 11.3 Å². The summed E-state index contributed by atoms with van der Waals surface area (Å²) in [6.07, 6.45) is 0. The molecule has 3 rings (SSSR count). The third-order valence-corrected chi connectivity index (χ3v) is 2.94. The van der Waals surface area contributed by atoms with E-state index in [1.165, 1.54) is 0 Å². The van der Waals surface area contributed by atoms with Gasteiger partial charge in [-0.2, -0.15) is 0 Å². The maximum absolute atomic E-state index is 12.4. The van der Waals surface area contributed by atoms with Gasteiger partial charge in [-0.1, -0.05) is 54.6 Å². The lowest BCUT2D eigenvalue weighted by molar-refractivity contribution is 0.103. The van der Waals surface area contributed by atoms with Crippen LogP contribution in [0, 0.1) is 0 Å². The molecule has 0 atom stereocenters. The van der Waals surface area contributed by atoms with Gasteiger partial charge in [0, 0.05) is 11.1 Å². The summed E-state index contributed by atoms with van der Waals surface area (Å²) < 4.78 is 5.13. The molecule has 0 amide bonds. The third kappa shape index (κ3) is 1.95. The highest BCUT2D eigenvalue weighted by atomic mass is 16.4. The van der Waals surface area contributed by atoms with E-state index in [1.807, 2.05) is 12.1 Å². The van der Waals surface area contributed by atoms with E-state index in [0.29, 0.717) is 16.9 Å². The summed E-state index contributed by atoms with van der Waals surface area (Å²) in [6, 6.07) is 17.5. The molecule has 0 spiro atoms. The zero-order chi connectivity index (χ0) is 13.2. The van der Waals surface area contributed by atoms with Gasteiger partial charge in [-0.15, -0.1) is 0 Å². The lowest BCUT2D eigenvalue weighted by atomic mass is 10.0. The van der Waals surface area contributed by atoms with E-state index >= 15 is 0 Å². The lowest BCUT2D eigenvalue weighted by Gasteiger charge is -1.98. The number of ketones is 1. The number of carbonyl (C=O) groups is 1. The minimum Gasteiger partial charge on any atom is -0.422 e. The molecule has 19 heavy (non-hydrogen) atoms. The Bertz CT molecular complexity index is 756. The Morgan fingerprint density at radius 2 is 1.47 bits per heavy atom. The molecular formula is C16H10O3. The fourth-order valence-corrected chi connectivity index (χ4v) is 2.04. The number of furan rings is 1. The first-order chi connectivity index (χ1) is 9.27. The minimum atomic E-state index is -0.588. The molecule has 1 aliphatic heterocycles. The standard InChI is InChI=1S/C16H10O3/c17-15(11-7-3-1-4-8-11)14-12-9-5-2-6-10-13(12)19-16(14)18/h1-10H. The largest absolute Gasteiger partial charge is 0.422 e. The molecule has 3 heteroatoms. The van der Waals surface area contributed by atoms with Crippen LogP contribution >= 0.6 is 0 Å². The van der Waals surface area contributed by atoms with Crippen molar-refractivity contribution in [3.63, 3.8) is 0 Å². The lowest BCUT2D eigenvalue weighted by Crippen LogP contribution is -2.11. The normalized spacial score (nSPS) is 10.5. The van der Waals surface area contributed by atoms with E-state index in [2.05, 4.69) is 0 Å². The van der Waals surface area contributed by atoms with Crippen molar-refractivity contribution in [2.24, 2.45) is 0 Å². The molecule has 0 aromatic heterocycles. The molecule has 0 N–H and O–H groups in total. The van der Waals surface area contributed by atoms with Crippen LogP contribution in [0.25, 0.3) is 11.3 Å². The predicted octanol–water partition coefficient (Wildman–Crippen LogP) is 2.98. The monoisotopic (exact) mass is 250 g/mol. The number of hydrogen-bond acceptors (Lipinski definition) is 3. The van der Waals surface area contributed by atoms with E-state index < -0.39 is 5.63 Å². The van der Waals surface area contributed by atoms with E-state index in [0.717, 1.165) is 0 Å². The van der Waals surface area contributed by atoms with Gasteiger partial charge in [0.05, 0.1) is 0 Å². The molecule has 92 valence electrons. The van der Waals surface area contributed by atoms with Crippen LogP contribution in [0.1, 0.15) is 15.9 Å². The first-order valence-electron chi connectivity index (χ1n) is 5.89. The number of hydrogen-bond donors (Lipinski definition) is 0. The molecule has 1 aromatic carbocycles. The van der Waals surface area contributed by atoms with Gasteiger partial charge in [0.2, 0.25) is 5.78 Å². The summed E-state index contributed by atoms with van der Waals surface area (Å²) in [5.41, 5.74) is 0.533. The van der Waals surface area contributed by atoms with Crippen LogP contribution < -0.4 is 5.63 Å². The van der Waals surface area contributed by atoms with Gasteiger partial charge in [0.25, 0.3) is 0 Å². The summed E-state index contributed by atoms with van der Waals surface area (Å²) in [4.78, 5) is 24.3. The van der Waals surface area contributed by atoms with Gasteiger partial charge in [0.1, 0.15) is 11.3 Å². The van der Waals surface area contributed by atoms with Crippen LogP contribution in [-0.4, -0.2) is 5.78 Å². The minimum absolute atomic E-state index is 0.0948. The van der Waals surface area contributed by atoms with Crippen molar-refractivity contribution in [1.29, 1.82) is 0 Å². The van der Waals surface area contributed by atoms with Gasteiger partial charge in [-0.3, -0.25) is 4.79 Å². The van der Waals surface area contributed by atoms with Crippen molar-refractivity contribution in [3.8, 4) is 11.3 Å². The van der Waals surface area contributed by atoms with E-state index in [4.69, 9.17) is 4.42 Å². The Labute approximate surface area is 109 Å². The van der Waals surface area contributed by atoms with Crippen molar-refractivity contribution < 1.29 is 9.21 Å². The quantitative estimate of drug-likeness (QED) is 0.657. The fourth-order valence-electron chi connectivity index (χ4n) is 2.04. The second kappa shape index (κ2) is 4.53. The van der Waals surface area contributed by atoms with Crippen LogP contribution in [0.2, 0.25) is 0 Å². The number of rotatable bonds is 2. The van der Waals surface area contributed by atoms with Crippen molar-refractivity contribution in [1.82, 2.24) is 0 Å². The zero-order valence-electron chi connectivity index (χ0n) is 10.00. The molecular weight excluding hydrogens is 240 g/mol. The second-order valence-corrected chi connectivity index (χ2v) is 4.15. The van der Waals surface area contributed by atoms with Crippen molar-refractivity contribution in [2.75, 3.05) is 0 Å². The Morgan fingerprint density at radius 1 is 0.842 bits per heavy atom. The van der Waals surface area contributed by atoms with Crippen molar-refractivity contribution in [2.45, 2.75) is 0 Å². The summed E-state index contributed by atoms with van der Waals surface area (Å²) >= 11 is 0. The predicted molar refractivity (Wildman–Crippen MR) is 71.5 cm³/mol. The highest BCUT2D eigenvalue weighted by Gasteiger charge is 2.23. The molecule has 0 radical (unpaired) electrons. The van der Waals surface area contributed by atoms with Crippen molar-refractivity contribution >= 4 is 5.78 Å². The Morgan fingerprint density at radius 3 is 2.21 bits per heavy atom. The Hall–Kier alpha value is -2.68. The average molecular weight is 250 g/mol. The van der Waals surface area contributed by atoms with Gasteiger partial charge < -0.3 is 4.42 Å². The molecule has 1 aliphatic carbocycles. The Balaban J connectivity index is 2.21. The van der Waals surface area contributed by atoms with Crippen LogP contribution in [0.15, 0.2) is 69.9 Å². The highest BCUT2D eigenvalue weighted by molar-refractivity contribution is 6.12. The van der Waals surface area contributed by atoms with Crippen LogP contribution in [0.4, 0.5) is 0 Å². The molecule has 0 saturated heterocycles. The molecule has 2 aliphatic rings. The van der Waals surface area contributed by atoms with Gasteiger partial charge >= 0.3 is 5.63 Å².